The van der Waals surface area contributed by atoms with Crippen molar-refractivity contribution in [3.63, 3.8) is 0 Å². The molecule has 0 spiro atoms. The molecule has 1 aromatic carbocycles. The van der Waals surface area contributed by atoms with Crippen LogP contribution in [0.1, 0.15) is 28.4 Å². The van der Waals surface area contributed by atoms with Crippen LogP contribution in [0.25, 0.3) is 0 Å². The Bertz CT molecular complexity index is 686. The Morgan fingerprint density at radius 1 is 1.38 bits per heavy atom. The molecule has 0 saturated heterocycles. The van der Waals surface area contributed by atoms with Crippen LogP contribution < -0.4 is 5.32 Å². The Hall–Kier alpha value is -0.920. The van der Waals surface area contributed by atoms with E-state index in [0.717, 1.165) is 0 Å². The van der Waals surface area contributed by atoms with Crippen molar-refractivity contribution in [3.8, 4) is 0 Å². The lowest BCUT2D eigenvalue weighted by molar-refractivity contribution is 0.0953. The molecule has 1 aromatic rings. The molecular weight excluding hydrogens is 334 g/mol. The summed E-state index contributed by atoms with van der Waals surface area (Å²) in [6, 6.07) is 2.69. The van der Waals surface area contributed by atoms with Crippen LogP contribution in [0.15, 0.2) is 17.0 Å². The Labute approximate surface area is 132 Å². The molecule has 1 N–H and O–H groups in total. The van der Waals surface area contributed by atoms with Crippen molar-refractivity contribution in [1.82, 2.24) is 5.32 Å². The molecule has 21 heavy (non-hydrogen) atoms. The van der Waals surface area contributed by atoms with E-state index in [4.69, 9.17) is 10.7 Å². The molecule has 0 radical (unpaired) electrons. The van der Waals surface area contributed by atoms with Gasteiger partial charge >= 0.3 is 0 Å². The number of carbonyl (C=O) groups is 1. The van der Waals surface area contributed by atoms with Crippen LogP contribution in [0.4, 0.5) is 0 Å². The first-order valence-corrected chi connectivity index (χ1v) is 10.1. The highest BCUT2D eigenvalue weighted by Crippen LogP contribution is 2.22. The van der Waals surface area contributed by atoms with Gasteiger partial charge in [-0.05, 0) is 44.0 Å². The van der Waals surface area contributed by atoms with Crippen LogP contribution in [-0.2, 0) is 19.9 Å². The van der Waals surface area contributed by atoms with Gasteiger partial charge in [-0.25, -0.2) is 8.42 Å². The lowest BCUT2D eigenvalue weighted by atomic mass is 10.0. The third-order valence-electron chi connectivity index (χ3n) is 3.28. The molecule has 118 valence electrons. The molecule has 0 fully saturated rings. The third-order valence-corrected chi connectivity index (χ3v) is 5.92. The van der Waals surface area contributed by atoms with Crippen LogP contribution in [0.3, 0.4) is 0 Å². The van der Waals surface area contributed by atoms with Gasteiger partial charge in [-0.3, -0.25) is 9.00 Å². The number of amides is 1. The maximum absolute atomic E-state index is 12.2. The van der Waals surface area contributed by atoms with E-state index < -0.39 is 25.8 Å². The Kier molecular flexibility index (Phi) is 5.95. The van der Waals surface area contributed by atoms with E-state index in [0.29, 0.717) is 11.1 Å². The molecule has 0 aliphatic rings. The van der Waals surface area contributed by atoms with E-state index in [-0.39, 0.29) is 22.3 Å². The third kappa shape index (κ3) is 4.79. The van der Waals surface area contributed by atoms with Crippen molar-refractivity contribution < 1.29 is 17.4 Å². The first kappa shape index (κ1) is 18.1. The van der Waals surface area contributed by atoms with Crippen molar-refractivity contribution in [2.75, 3.05) is 12.8 Å². The van der Waals surface area contributed by atoms with Gasteiger partial charge in [0.2, 0.25) is 0 Å². The minimum atomic E-state index is -3.90. The molecule has 0 bridgehead atoms. The molecule has 2 atom stereocenters. The maximum atomic E-state index is 12.2. The van der Waals surface area contributed by atoms with E-state index in [9.17, 15) is 17.4 Å². The summed E-state index contributed by atoms with van der Waals surface area (Å²) in [5.41, 5.74) is 1.60. The van der Waals surface area contributed by atoms with Gasteiger partial charge in [0.05, 0.1) is 4.90 Å². The number of nitrogens with one attached hydrogen (secondary N) is 1. The van der Waals surface area contributed by atoms with Crippen LogP contribution in [0.5, 0.6) is 0 Å². The molecular formula is C13H18ClNO4S2. The van der Waals surface area contributed by atoms with Gasteiger partial charge in [-0.1, -0.05) is 0 Å². The maximum Gasteiger partial charge on any atom is 0.261 e. The molecule has 0 aliphatic heterocycles. The monoisotopic (exact) mass is 351 g/mol. The summed E-state index contributed by atoms with van der Waals surface area (Å²) in [4.78, 5) is 12.1. The van der Waals surface area contributed by atoms with Gasteiger partial charge in [0, 0.05) is 45.1 Å². The fourth-order valence-corrected chi connectivity index (χ4v) is 2.81. The van der Waals surface area contributed by atoms with Crippen molar-refractivity contribution in [1.29, 1.82) is 0 Å². The fraction of sp³-hybridized carbons (Fsp3) is 0.462. The van der Waals surface area contributed by atoms with Gasteiger partial charge in [-0.2, -0.15) is 0 Å². The Morgan fingerprint density at radius 2 is 1.95 bits per heavy atom. The lowest BCUT2D eigenvalue weighted by Gasteiger charge is -2.13. The van der Waals surface area contributed by atoms with Crippen molar-refractivity contribution in [2.45, 2.75) is 30.9 Å². The SMILES string of the molecule is Cc1cc(S(=O)(=O)Cl)cc(C(=O)NCC(C)S(C)=O)c1C. The summed E-state index contributed by atoms with van der Waals surface area (Å²) in [6.45, 7) is 5.45. The average Bonchev–Trinajstić information content (AvgIpc) is 2.37. The molecule has 0 saturated carbocycles. The van der Waals surface area contributed by atoms with E-state index in [1.807, 2.05) is 0 Å². The zero-order chi connectivity index (χ0) is 16.4. The second kappa shape index (κ2) is 6.89. The van der Waals surface area contributed by atoms with Crippen LogP contribution in [-0.4, -0.2) is 36.6 Å². The summed E-state index contributed by atoms with van der Waals surface area (Å²) < 4.78 is 34.1. The quantitative estimate of drug-likeness (QED) is 0.819. The molecule has 2 unspecified atom stereocenters. The number of hydrogen-bond acceptors (Lipinski definition) is 4. The standard InChI is InChI=1S/C13H18ClNO4S2/c1-8-5-11(21(14,18)19)6-12(10(8)3)13(16)15-7-9(2)20(4)17/h5-6,9H,7H2,1-4H3,(H,15,16). The highest BCUT2D eigenvalue weighted by Gasteiger charge is 2.18. The highest BCUT2D eigenvalue weighted by molar-refractivity contribution is 8.13. The number of benzene rings is 1. The van der Waals surface area contributed by atoms with E-state index >= 15 is 0 Å². The van der Waals surface area contributed by atoms with Crippen molar-refractivity contribution >= 4 is 36.4 Å². The van der Waals surface area contributed by atoms with Crippen LogP contribution >= 0.6 is 10.7 Å². The van der Waals surface area contributed by atoms with Gasteiger partial charge < -0.3 is 5.32 Å². The molecule has 0 aliphatic carbocycles. The Balaban J connectivity index is 3.09. The summed E-state index contributed by atoms with van der Waals surface area (Å²) >= 11 is 0. The van der Waals surface area contributed by atoms with Crippen molar-refractivity contribution in [3.05, 3.63) is 28.8 Å². The first-order chi connectivity index (χ1) is 9.54. The second-order valence-electron chi connectivity index (χ2n) is 4.87. The normalized spacial score (nSPS) is 14.5. The fourth-order valence-electron chi connectivity index (χ4n) is 1.65. The van der Waals surface area contributed by atoms with Gasteiger partial charge in [0.1, 0.15) is 0 Å². The number of rotatable bonds is 5. The largest absolute Gasteiger partial charge is 0.351 e. The zero-order valence-corrected chi connectivity index (χ0v) is 14.7. The number of halogens is 1. The molecule has 0 aromatic heterocycles. The average molecular weight is 352 g/mol. The summed E-state index contributed by atoms with van der Waals surface area (Å²) in [7, 11) is 0.387. The predicted molar refractivity (Wildman–Crippen MR) is 84.8 cm³/mol. The summed E-state index contributed by atoms with van der Waals surface area (Å²) in [6.07, 6.45) is 1.56. The molecule has 8 heteroatoms. The van der Waals surface area contributed by atoms with E-state index in [1.54, 1.807) is 27.0 Å². The first-order valence-electron chi connectivity index (χ1n) is 6.20. The smallest absolute Gasteiger partial charge is 0.261 e. The molecule has 1 amide bonds. The molecule has 0 heterocycles. The van der Waals surface area contributed by atoms with Gasteiger partial charge in [0.15, 0.2) is 0 Å². The Morgan fingerprint density at radius 3 is 2.43 bits per heavy atom. The summed E-state index contributed by atoms with van der Waals surface area (Å²) in [5, 5.41) is 2.47. The van der Waals surface area contributed by atoms with E-state index in [2.05, 4.69) is 5.32 Å². The minimum absolute atomic E-state index is 0.107. The van der Waals surface area contributed by atoms with Gasteiger partial charge in [-0.15, -0.1) is 0 Å². The predicted octanol–water partition coefficient (Wildman–Crippen LogP) is 1.73. The van der Waals surface area contributed by atoms with E-state index in [1.165, 1.54) is 12.1 Å². The van der Waals surface area contributed by atoms with Gasteiger partial charge in [0.25, 0.3) is 15.0 Å². The highest BCUT2D eigenvalue weighted by atomic mass is 35.7. The second-order valence-corrected chi connectivity index (χ2v) is 9.24. The van der Waals surface area contributed by atoms with Crippen LogP contribution in [0.2, 0.25) is 0 Å². The lowest BCUT2D eigenvalue weighted by Crippen LogP contribution is -2.33. The number of aryl methyl sites for hydroxylation is 1. The topological polar surface area (TPSA) is 80.3 Å². The number of carbonyl (C=O) groups excluding carboxylic acids is 1. The zero-order valence-electron chi connectivity index (χ0n) is 12.3. The minimum Gasteiger partial charge on any atom is -0.351 e. The van der Waals surface area contributed by atoms with Crippen molar-refractivity contribution in [2.24, 2.45) is 0 Å². The molecule has 5 nitrogen and oxygen atoms in total. The van der Waals surface area contributed by atoms with Crippen LogP contribution in [0, 0.1) is 13.8 Å². The number of hydrogen-bond donors (Lipinski definition) is 1. The molecule has 1 rings (SSSR count). The summed E-state index contributed by atoms with van der Waals surface area (Å²) in [5.74, 6) is -0.407.